The summed E-state index contributed by atoms with van der Waals surface area (Å²) in [6, 6.07) is 0. The van der Waals surface area contributed by atoms with Crippen LogP contribution in [0.25, 0.3) is 0 Å². The molecule has 0 aliphatic heterocycles. The van der Waals surface area contributed by atoms with Gasteiger partial charge in [-0.1, -0.05) is 78.2 Å². The maximum absolute atomic E-state index is 10.3. The Labute approximate surface area is 139 Å². The van der Waals surface area contributed by atoms with Crippen LogP contribution in [0.2, 0.25) is 0 Å². The normalized spacial score (nSPS) is 10.6. The van der Waals surface area contributed by atoms with Gasteiger partial charge in [0.1, 0.15) is 0 Å². The number of allylic oxidation sites excluding steroid dienone is 4. The molecule has 0 heterocycles. The predicted octanol–water partition coefficient (Wildman–Crippen LogP) is 7.16. The molecule has 0 aromatic carbocycles. The minimum atomic E-state index is -0.671. The average Bonchev–Trinajstić information content (AvgIpc) is 2.43. The molecule has 0 fully saturated rings. The molecule has 132 valence electrons. The lowest BCUT2D eigenvalue weighted by Crippen LogP contribution is -1.93. The van der Waals surface area contributed by atoms with E-state index in [9.17, 15) is 4.79 Å². The van der Waals surface area contributed by atoms with Crippen molar-refractivity contribution in [2.75, 3.05) is 0 Å². The summed E-state index contributed by atoms with van der Waals surface area (Å²) in [7, 11) is 0. The third-order valence-corrected chi connectivity index (χ3v) is 3.34. The summed E-state index contributed by atoms with van der Waals surface area (Å²) in [5.41, 5.74) is 0. The van der Waals surface area contributed by atoms with Gasteiger partial charge in [0.15, 0.2) is 0 Å². The van der Waals surface area contributed by atoms with E-state index in [-0.39, 0.29) is 14.9 Å². The smallest absolute Gasteiger partial charge is 0.303 e. The number of unbranched alkanes of at least 4 members (excludes halogenated alkanes) is 8. The minimum Gasteiger partial charge on any atom is -0.481 e. The Morgan fingerprint density at radius 2 is 1.27 bits per heavy atom. The molecule has 2 nitrogen and oxygen atoms in total. The highest BCUT2D eigenvalue weighted by Gasteiger charge is 1.95. The summed E-state index contributed by atoms with van der Waals surface area (Å²) in [5, 5.41) is 8.50. The van der Waals surface area contributed by atoms with Crippen molar-refractivity contribution in [3.8, 4) is 0 Å². The Kier molecular flexibility index (Phi) is 26.2. The van der Waals surface area contributed by atoms with Gasteiger partial charge in [-0.2, -0.15) is 0 Å². The molecule has 1 N–H and O–H groups in total. The molecular formula is C20H40O2. The lowest BCUT2D eigenvalue weighted by Gasteiger charge is -1.98. The van der Waals surface area contributed by atoms with Crippen molar-refractivity contribution in [2.45, 2.75) is 98.8 Å². The summed E-state index contributed by atoms with van der Waals surface area (Å²) in [4.78, 5) is 10.3. The van der Waals surface area contributed by atoms with Crippen LogP contribution in [0.1, 0.15) is 98.8 Å². The van der Waals surface area contributed by atoms with Crippen molar-refractivity contribution in [3.05, 3.63) is 24.3 Å². The number of carboxylic acids is 1. The van der Waals surface area contributed by atoms with E-state index >= 15 is 0 Å². The van der Waals surface area contributed by atoms with Crippen LogP contribution in [0.3, 0.4) is 0 Å². The highest BCUT2D eigenvalue weighted by atomic mass is 16.4. The highest BCUT2D eigenvalue weighted by Crippen LogP contribution is 2.08. The SMILES string of the molecule is C.C.CCCCC/C=C/C/C=C/CCCCCCCC(=O)O. The molecule has 0 spiro atoms. The van der Waals surface area contributed by atoms with Crippen molar-refractivity contribution in [2.24, 2.45) is 0 Å². The summed E-state index contributed by atoms with van der Waals surface area (Å²) in [5.74, 6) is -0.671. The summed E-state index contributed by atoms with van der Waals surface area (Å²) < 4.78 is 0. The number of carboxylic acid groups (broad SMARTS) is 1. The zero-order chi connectivity index (χ0) is 14.9. The number of hydrogen-bond acceptors (Lipinski definition) is 1. The molecule has 0 aliphatic carbocycles. The number of rotatable bonds is 14. The van der Waals surface area contributed by atoms with E-state index in [2.05, 4.69) is 31.2 Å². The Bertz CT molecular complexity index is 267. The van der Waals surface area contributed by atoms with Gasteiger partial charge in [0.2, 0.25) is 0 Å². The van der Waals surface area contributed by atoms with Gasteiger partial charge in [0.25, 0.3) is 0 Å². The average molecular weight is 313 g/mol. The van der Waals surface area contributed by atoms with E-state index in [1.54, 1.807) is 0 Å². The molecule has 0 amide bonds. The lowest BCUT2D eigenvalue weighted by atomic mass is 10.1. The zero-order valence-electron chi connectivity index (χ0n) is 13.2. The van der Waals surface area contributed by atoms with Crippen LogP contribution in [0.15, 0.2) is 24.3 Å². The van der Waals surface area contributed by atoms with Gasteiger partial charge in [0.05, 0.1) is 0 Å². The Hall–Kier alpha value is -1.05. The van der Waals surface area contributed by atoms with E-state index in [1.807, 2.05) is 0 Å². The Morgan fingerprint density at radius 3 is 1.82 bits per heavy atom. The quantitative estimate of drug-likeness (QED) is 0.273. The van der Waals surface area contributed by atoms with Crippen molar-refractivity contribution >= 4 is 5.97 Å². The third-order valence-electron chi connectivity index (χ3n) is 3.34. The molecule has 2 heteroatoms. The third kappa shape index (κ3) is 24.0. The van der Waals surface area contributed by atoms with E-state index < -0.39 is 5.97 Å². The highest BCUT2D eigenvalue weighted by molar-refractivity contribution is 5.66. The molecule has 0 aliphatic rings. The topological polar surface area (TPSA) is 37.3 Å². The lowest BCUT2D eigenvalue weighted by molar-refractivity contribution is -0.137. The van der Waals surface area contributed by atoms with Gasteiger partial charge < -0.3 is 5.11 Å². The maximum atomic E-state index is 10.3. The molecule has 0 saturated carbocycles. The van der Waals surface area contributed by atoms with Crippen LogP contribution in [-0.2, 0) is 4.79 Å². The summed E-state index contributed by atoms with van der Waals surface area (Å²) in [6.07, 6.45) is 22.3. The molecule has 0 rings (SSSR count). The largest absolute Gasteiger partial charge is 0.481 e. The van der Waals surface area contributed by atoms with Crippen molar-refractivity contribution in [1.82, 2.24) is 0 Å². The van der Waals surface area contributed by atoms with Gasteiger partial charge in [-0.3, -0.25) is 4.79 Å². The van der Waals surface area contributed by atoms with Crippen LogP contribution < -0.4 is 0 Å². The second-order valence-corrected chi connectivity index (χ2v) is 5.37. The van der Waals surface area contributed by atoms with Gasteiger partial charge in [-0.25, -0.2) is 0 Å². The molecule has 0 bridgehead atoms. The molecule has 0 unspecified atom stereocenters. The molecule has 0 aromatic rings. The van der Waals surface area contributed by atoms with E-state index in [0.29, 0.717) is 6.42 Å². The fourth-order valence-electron chi connectivity index (χ4n) is 2.09. The first-order valence-corrected chi connectivity index (χ1v) is 8.29. The summed E-state index contributed by atoms with van der Waals surface area (Å²) in [6.45, 7) is 2.23. The molecule has 0 aromatic heterocycles. The number of carbonyl (C=O) groups is 1. The second-order valence-electron chi connectivity index (χ2n) is 5.37. The first-order valence-electron chi connectivity index (χ1n) is 8.29. The summed E-state index contributed by atoms with van der Waals surface area (Å²) >= 11 is 0. The number of aliphatic carboxylic acids is 1. The Balaban J connectivity index is -0.00000180. The molecule has 0 saturated heterocycles. The van der Waals surface area contributed by atoms with Crippen molar-refractivity contribution in [1.29, 1.82) is 0 Å². The molecule has 0 atom stereocenters. The zero-order valence-corrected chi connectivity index (χ0v) is 13.2. The van der Waals surface area contributed by atoms with Crippen LogP contribution in [0, 0.1) is 0 Å². The Morgan fingerprint density at radius 1 is 0.773 bits per heavy atom. The first-order chi connectivity index (χ1) is 9.77. The van der Waals surface area contributed by atoms with Crippen LogP contribution in [-0.4, -0.2) is 11.1 Å². The van der Waals surface area contributed by atoms with E-state index in [1.165, 1.54) is 44.9 Å². The first kappa shape index (κ1) is 25.9. The minimum absolute atomic E-state index is 0. The fraction of sp³-hybridized carbons (Fsp3) is 0.750. The maximum Gasteiger partial charge on any atom is 0.303 e. The van der Waals surface area contributed by atoms with Gasteiger partial charge >= 0.3 is 5.97 Å². The van der Waals surface area contributed by atoms with Crippen LogP contribution >= 0.6 is 0 Å². The molecule has 22 heavy (non-hydrogen) atoms. The van der Waals surface area contributed by atoms with Crippen LogP contribution in [0.5, 0.6) is 0 Å². The van der Waals surface area contributed by atoms with E-state index in [4.69, 9.17) is 5.11 Å². The fourth-order valence-corrected chi connectivity index (χ4v) is 2.09. The second kappa shape index (κ2) is 22.2. The van der Waals surface area contributed by atoms with Crippen molar-refractivity contribution in [3.63, 3.8) is 0 Å². The van der Waals surface area contributed by atoms with Gasteiger partial charge in [0, 0.05) is 6.42 Å². The van der Waals surface area contributed by atoms with Crippen molar-refractivity contribution < 1.29 is 9.90 Å². The number of hydrogen-bond donors (Lipinski definition) is 1. The van der Waals surface area contributed by atoms with E-state index in [0.717, 1.165) is 25.7 Å². The molecular weight excluding hydrogens is 272 g/mol. The van der Waals surface area contributed by atoms with Crippen LogP contribution in [0.4, 0.5) is 0 Å². The monoisotopic (exact) mass is 312 g/mol. The predicted molar refractivity (Wildman–Crippen MR) is 100 cm³/mol. The van der Waals surface area contributed by atoms with Gasteiger partial charge in [-0.05, 0) is 38.5 Å². The molecule has 0 radical (unpaired) electrons. The standard InChI is InChI=1S/C18H32O2.2CH4/c1-2-3-4-5-6-7-8-9-10-11-12-13-14-15-16-17-18(19)20;;/h6-7,9-10H,2-5,8,11-17H2,1H3,(H,19,20);2*1H4/b7-6+,10-9+;;. The van der Waals surface area contributed by atoms with Gasteiger partial charge in [-0.15, -0.1) is 0 Å².